The van der Waals surface area contributed by atoms with Gasteiger partial charge in [0.05, 0.1) is 7.11 Å². The third-order valence-electron chi connectivity index (χ3n) is 2.59. The molecule has 1 aromatic carbocycles. The number of rotatable bonds is 3. The average Bonchev–Trinajstić information content (AvgIpc) is 3.10. The Balaban J connectivity index is 2.04. The average molecular weight is 205 g/mol. The van der Waals surface area contributed by atoms with Crippen molar-refractivity contribution in [1.29, 1.82) is 0 Å². The normalized spacial score (nSPS) is 14.7. The summed E-state index contributed by atoms with van der Waals surface area (Å²) in [6.45, 7) is 0.651. The second-order valence-corrected chi connectivity index (χ2v) is 3.81. The number of hydrogen-bond acceptors (Lipinski definition) is 2. The maximum absolute atomic E-state index is 11.5. The monoisotopic (exact) mass is 205 g/mol. The van der Waals surface area contributed by atoms with Gasteiger partial charge in [-0.3, -0.25) is 0 Å². The van der Waals surface area contributed by atoms with Crippen molar-refractivity contribution in [3.63, 3.8) is 0 Å². The summed E-state index contributed by atoms with van der Waals surface area (Å²) in [5, 5.41) is 0. The molecule has 3 nitrogen and oxygen atoms in total. The van der Waals surface area contributed by atoms with Crippen LogP contribution in [0.4, 0.5) is 4.79 Å². The van der Waals surface area contributed by atoms with Crippen molar-refractivity contribution in [2.75, 3.05) is 7.11 Å². The standard InChI is InChI=1S/C12H15NO2/c1-15-12(14)13(11-7-8-11)9-10-5-3-2-4-6-10/h2-6,11H,7-9H2,1H3. The van der Waals surface area contributed by atoms with Gasteiger partial charge in [-0.15, -0.1) is 0 Å². The smallest absolute Gasteiger partial charge is 0.410 e. The van der Waals surface area contributed by atoms with Crippen LogP contribution < -0.4 is 0 Å². The van der Waals surface area contributed by atoms with E-state index in [1.54, 1.807) is 4.90 Å². The zero-order chi connectivity index (χ0) is 10.7. The SMILES string of the molecule is COC(=O)N(Cc1ccccc1)C1CC1. The number of carbonyl (C=O) groups is 1. The van der Waals surface area contributed by atoms with Crippen molar-refractivity contribution in [2.45, 2.75) is 25.4 Å². The fourth-order valence-corrected chi connectivity index (χ4v) is 1.63. The van der Waals surface area contributed by atoms with Crippen LogP contribution in [-0.4, -0.2) is 24.1 Å². The van der Waals surface area contributed by atoms with E-state index in [-0.39, 0.29) is 6.09 Å². The molecule has 0 aliphatic heterocycles. The summed E-state index contributed by atoms with van der Waals surface area (Å²) >= 11 is 0. The molecule has 1 fully saturated rings. The van der Waals surface area contributed by atoms with Crippen LogP contribution in [0.5, 0.6) is 0 Å². The van der Waals surface area contributed by atoms with E-state index in [0.717, 1.165) is 18.4 Å². The van der Waals surface area contributed by atoms with Gasteiger partial charge in [-0.25, -0.2) is 4.79 Å². The van der Waals surface area contributed by atoms with Crippen molar-refractivity contribution in [3.8, 4) is 0 Å². The highest BCUT2D eigenvalue weighted by Gasteiger charge is 2.33. The Morgan fingerprint density at radius 2 is 2.07 bits per heavy atom. The second-order valence-electron chi connectivity index (χ2n) is 3.81. The summed E-state index contributed by atoms with van der Waals surface area (Å²) in [4.78, 5) is 13.3. The minimum Gasteiger partial charge on any atom is -0.453 e. The molecule has 3 heteroatoms. The Morgan fingerprint density at radius 1 is 1.40 bits per heavy atom. The van der Waals surface area contributed by atoms with Crippen LogP contribution in [0.25, 0.3) is 0 Å². The number of amides is 1. The highest BCUT2D eigenvalue weighted by Crippen LogP contribution is 2.28. The molecule has 1 saturated carbocycles. The summed E-state index contributed by atoms with van der Waals surface area (Å²) in [7, 11) is 1.43. The summed E-state index contributed by atoms with van der Waals surface area (Å²) in [6.07, 6.45) is 1.98. The molecule has 0 heterocycles. The second kappa shape index (κ2) is 4.34. The van der Waals surface area contributed by atoms with Gasteiger partial charge in [-0.05, 0) is 18.4 Å². The van der Waals surface area contributed by atoms with E-state index in [0.29, 0.717) is 12.6 Å². The largest absolute Gasteiger partial charge is 0.453 e. The molecule has 15 heavy (non-hydrogen) atoms. The number of hydrogen-bond donors (Lipinski definition) is 0. The number of ether oxygens (including phenoxy) is 1. The summed E-state index contributed by atoms with van der Waals surface area (Å²) in [5.74, 6) is 0. The molecule has 0 aromatic heterocycles. The van der Waals surface area contributed by atoms with Crippen LogP contribution in [0.15, 0.2) is 30.3 Å². The molecule has 0 radical (unpaired) electrons. The van der Waals surface area contributed by atoms with Gasteiger partial charge in [0.1, 0.15) is 0 Å². The lowest BCUT2D eigenvalue weighted by Gasteiger charge is -2.20. The van der Waals surface area contributed by atoms with E-state index >= 15 is 0 Å². The molecule has 1 aromatic rings. The van der Waals surface area contributed by atoms with Crippen molar-refractivity contribution >= 4 is 6.09 Å². The molecule has 0 bridgehead atoms. The highest BCUT2D eigenvalue weighted by atomic mass is 16.5. The summed E-state index contributed by atoms with van der Waals surface area (Å²) in [6, 6.07) is 10.4. The molecule has 0 spiro atoms. The lowest BCUT2D eigenvalue weighted by Crippen LogP contribution is -2.32. The Labute approximate surface area is 89.7 Å². The van der Waals surface area contributed by atoms with Crippen molar-refractivity contribution in [3.05, 3.63) is 35.9 Å². The number of carbonyl (C=O) groups excluding carboxylic acids is 1. The van der Waals surface area contributed by atoms with Gasteiger partial charge in [0.15, 0.2) is 0 Å². The summed E-state index contributed by atoms with van der Waals surface area (Å²) < 4.78 is 4.77. The van der Waals surface area contributed by atoms with E-state index < -0.39 is 0 Å². The van der Waals surface area contributed by atoms with Crippen LogP contribution in [0.2, 0.25) is 0 Å². The summed E-state index contributed by atoms with van der Waals surface area (Å²) in [5.41, 5.74) is 1.15. The van der Waals surface area contributed by atoms with E-state index in [1.807, 2.05) is 30.3 Å². The van der Waals surface area contributed by atoms with Gasteiger partial charge in [-0.1, -0.05) is 30.3 Å². The van der Waals surface area contributed by atoms with Crippen LogP contribution in [0.1, 0.15) is 18.4 Å². The zero-order valence-corrected chi connectivity index (χ0v) is 8.85. The molecule has 0 unspecified atom stereocenters. The molecular formula is C12H15NO2. The molecule has 0 saturated heterocycles. The Bertz CT molecular complexity index is 333. The molecule has 2 rings (SSSR count). The van der Waals surface area contributed by atoms with Gasteiger partial charge in [0.25, 0.3) is 0 Å². The lowest BCUT2D eigenvalue weighted by atomic mass is 10.2. The zero-order valence-electron chi connectivity index (χ0n) is 8.85. The van der Waals surface area contributed by atoms with E-state index in [4.69, 9.17) is 4.74 Å². The van der Waals surface area contributed by atoms with E-state index in [2.05, 4.69) is 0 Å². The molecular weight excluding hydrogens is 190 g/mol. The minimum absolute atomic E-state index is 0.221. The number of methoxy groups -OCH3 is 1. The fourth-order valence-electron chi connectivity index (χ4n) is 1.63. The number of benzene rings is 1. The Hall–Kier alpha value is -1.51. The maximum atomic E-state index is 11.5. The first-order valence-electron chi connectivity index (χ1n) is 5.20. The minimum atomic E-state index is -0.221. The molecule has 1 aliphatic rings. The van der Waals surface area contributed by atoms with Gasteiger partial charge in [-0.2, -0.15) is 0 Å². The first-order valence-corrected chi connectivity index (χ1v) is 5.20. The van der Waals surface area contributed by atoms with Gasteiger partial charge in [0, 0.05) is 12.6 Å². The van der Waals surface area contributed by atoms with Crippen LogP contribution >= 0.6 is 0 Å². The molecule has 1 amide bonds. The van der Waals surface area contributed by atoms with Crippen LogP contribution in [-0.2, 0) is 11.3 Å². The topological polar surface area (TPSA) is 29.5 Å². The molecule has 1 aliphatic carbocycles. The van der Waals surface area contributed by atoms with Gasteiger partial charge < -0.3 is 9.64 Å². The maximum Gasteiger partial charge on any atom is 0.410 e. The molecule has 0 atom stereocenters. The predicted octanol–water partition coefficient (Wildman–Crippen LogP) is 2.42. The van der Waals surface area contributed by atoms with Crippen LogP contribution in [0, 0.1) is 0 Å². The Morgan fingerprint density at radius 3 is 2.60 bits per heavy atom. The van der Waals surface area contributed by atoms with Crippen molar-refractivity contribution in [2.24, 2.45) is 0 Å². The fraction of sp³-hybridized carbons (Fsp3) is 0.417. The van der Waals surface area contributed by atoms with Crippen molar-refractivity contribution < 1.29 is 9.53 Å². The third kappa shape index (κ3) is 2.49. The quantitative estimate of drug-likeness (QED) is 0.758. The molecule has 0 N–H and O–H groups in total. The van der Waals surface area contributed by atoms with Crippen molar-refractivity contribution in [1.82, 2.24) is 4.90 Å². The Kier molecular flexibility index (Phi) is 2.90. The van der Waals surface area contributed by atoms with Gasteiger partial charge >= 0.3 is 6.09 Å². The highest BCUT2D eigenvalue weighted by molar-refractivity contribution is 5.68. The lowest BCUT2D eigenvalue weighted by molar-refractivity contribution is 0.118. The molecule has 80 valence electrons. The third-order valence-corrected chi connectivity index (χ3v) is 2.59. The first kappa shape index (κ1) is 10.0. The van der Waals surface area contributed by atoms with Crippen LogP contribution in [0.3, 0.4) is 0 Å². The van der Waals surface area contributed by atoms with E-state index in [9.17, 15) is 4.79 Å². The van der Waals surface area contributed by atoms with E-state index in [1.165, 1.54) is 7.11 Å². The van der Waals surface area contributed by atoms with Gasteiger partial charge in [0.2, 0.25) is 0 Å². The predicted molar refractivity (Wildman–Crippen MR) is 57.4 cm³/mol. The first-order chi connectivity index (χ1) is 7.31. The number of nitrogens with zero attached hydrogens (tertiary/aromatic N) is 1.